The fourth-order valence-corrected chi connectivity index (χ4v) is 3.41. The van der Waals surface area contributed by atoms with Crippen molar-refractivity contribution >= 4 is 29.8 Å². The number of ether oxygens (including phenoxy) is 2. The first-order valence-corrected chi connectivity index (χ1v) is 11.7. The van der Waals surface area contributed by atoms with Crippen LogP contribution in [0.1, 0.15) is 65.1 Å². The topological polar surface area (TPSA) is 157 Å². The predicted octanol–water partition coefficient (Wildman–Crippen LogP) is 1.59. The molecule has 4 amide bonds. The van der Waals surface area contributed by atoms with Crippen molar-refractivity contribution in [3.05, 3.63) is 35.4 Å². The molecule has 11 nitrogen and oxygen atoms in total. The second-order valence-electron chi connectivity index (χ2n) is 9.50. The van der Waals surface area contributed by atoms with Crippen LogP contribution in [0, 0.1) is 0 Å². The van der Waals surface area contributed by atoms with Crippen molar-refractivity contribution < 1.29 is 33.4 Å². The van der Waals surface area contributed by atoms with Gasteiger partial charge in [0.15, 0.2) is 0 Å². The number of rotatable bonds is 11. The number of nitrogens with zero attached hydrogens (tertiary/aromatic N) is 1. The Morgan fingerprint density at radius 2 is 1.64 bits per heavy atom. The summed E-state index contributed by atoms with van der Waals surface area (Å²) in [4.78, 5) is 64.1. The number of benzene rings is 1. The fourth-order valence-electron chi connectivity index (χ4n) is 3.41. The third kappa shape index (κ3) is 9.55. The molecule has 0 aromatic heterocycles. The lowest BCUT2D eigenvalue weighted by Crippen LogP contribution is -2.56. The number of carbonyl (C=O) groups excluding carboxylic acids is 5. The molecule has 0 saturated carbocycles. The van der Waals surface area contributed by atoms with E-state index in [0.29, 0.717) is 5.56 Å². The number of hydrogen-bond acceptors (Lipinski definition) is 7. The number of nitrogens with two attached hydrogens (primary N) is 1. The molecule has 0 aliphatic heterocycles. The summed E-state index contributed by atoms with van der Waals surface area (Å²) in [5.41, 5.74) is 6.01. The average molecular weight is 507 g/mol. The number of amides is 4. The van der Waals surface area contributed by atoms with Gasteiger partial charge in [0.1, 0.15) is 24.2 Å². The minimum absolute atomic E-state index is 0.403. The molecule has 1 rings (SSSR count). The van der Waals surface area contributed by atoms with Gasteiger partial charge in [0.05, 0.1) is 13.5 Å². The van der Waals surface area contributed by atoms with Crippen molar-refractivity contribution in [3.63, 3.8) is 0 Å². The van der Waals surface area contributed by atoms with Gasteiger partial charge >= 0.3 is 12.1 Å². The quantitative estimate of drug-likeness (QED) is 0.385. The normalized spacial score (nSPS) is 12.8. The van der Waals surface area contributed by atoms with Gasteiger partial charge in [-0.3, -0.25) is 19.2 Å². The minimum Gasteiger partial charge on any atom is -0.468 e. The lowest BCUT2D eigenvalue weighted by atomic mass is 9.98. The largest absolute Gasteiger partial charge is 0.468 e. The maximum absolute atomic E-state index is 13.7. The number of aryl methyl sites for hydroxylation is 1. The first-order valence-electron chi connectivity index (χ1n) is 11.7. The van der Waals surface area contributed by atoms with Crippen LogP contribution >= 0.6 is 0 Å². The Morgan fingerprint density at radius 1 is 1.06 bits per heavy atom. The summed E-state index contributed by atoms with van der Waals surface area (Å²) in [5, 5.41) is 4.90. The van der Waals surface area contributed by atoms with Crippen molar-refractivity contribution in [2.45, 2.75) is 78.1 Å². The van der Waals surface area contributed by atoms with Crippen LogP contribution in [0.15, 0.2) is 24.3 Å². The summed E-state index contributed by atoms with van der Waals surface area (Å²) >= 11 is 0. The van der Waals surface area contributed by atoms with Gasteiger partial charge in [-0.1, -0.05) is 31.2 Å². The third-order valence-corrected chi connectivity index (χ3v) is 5.07. The lowest BCUT2D eigenvalue weighted by molar-refractivity contribution is -0.146. The summed E-state index contributed by atoms with van der Waals surface area (Å²) in [5.74, 6) is -2.84. The summed E-state index contributed by atoms with van der Waals surface area (Å²) in [7, 11) is 1.19. The number of primary amides is 1. The SMILES string of the molecule is CCc1ccc(C(C(=O)NCC(=O)OC)N(C(=O)C(CC(N)=O)NC(=O)OC(C)(C)C)C(C)C)cc1. The smallest absolute Gasteiger partial charge is 0.408 e. The summed E-state index contributed by atoms with van der Waals surface area (Å²) in [6.07, 6.45) is -0.649. The standard InChI is InChI=1S/C25H38N4O7/c1-8-16-9-11-17(12-10-16)21(22(32)27-14-20(31)35-7)29(15(2)3)23(33)18(13-19(26)30)28-24(34)36-25(4,5)6/h9-12,15,18,21H,8,13-14H2,1-7H3,(H2,26,30)(H,27,32)(H,28,34). The van der Waals surface area contributed by atoms with Gasteiger partial charge in [-0.15, -0.1) is 0 Å². The van der Waals surface area contributed by atoms with Gasteiger partial charge in [0.2, 0.25) is 17.7 Å². The summed E-state index contributed by atoms with van der Waals surface area (Å²) < 4.78 is 9.82. The van der Waals surface area contributed by atoms with Gasteiger partial charge < -0.3 is 30.7 Å². The van der Waals surface area contributed by atoms with Crippen molar-refractivity contribution in [3.8, 4) is 0 Å². The molecule has 0 spiro atoms. The molecule has 0 bridgehead atoms. The van der Waals surface area contributed by atoms with E-state index in [9.17, 15) is 24.0 Å². The third-order valence-electron chi connectivity index (χ3n) is 5.07. The Bertz CT molecular complexity index is 939. The number of esters is 1. The Kier molecular flexibility index (Phi) is 11.4. The molecule has 0 aliphatic carbocycles. The maximum Gasteiger partial charge on any atom is 0.408 e. The van der Waals surface area contributed by atoms with E-state index < -0.39 is 66.5 Å². The number of nitrogens with one attached hydrogen (secondary N) is 2. The molecule has 1 aromatic carbocycles. The Hall–Kier alpha value is -3.63. The highest BCUT2D eigenvalue weighted by Gasteiger charge is 2.38. The summed E-state index contributed by atoms with van der Waals surface area (Å²) in [6.45, 7) is 9.91. The van der Waals surface area contributed by atoms with Crippen LogP contribution in [0.2, 0.25) is 0 Å². The maximum atomic E-state index is 13.7. The van der Waals surface area contributed by atoms with Crippen LogP contribution in [0.4, 0.5) is 4.79 Å². The molecule has 0 saturated heterocycles. The van der Waals surface area contributed by atoms with E-state index in [1.165, 1.54) is 12.0 Å². The molecule has 36 heavy (non-hydrogen) atoms. The number of carbonyl (C=O) groups is 5. The zero-order valence-electron chi connectivity index (χ0n) is 22.0. The highest BCUT2D eigenvalue weighted by Crippen LogP contribution is 2.26. The van der Waals surface area contributed by atoms with E-state index in [1.807, 2.05) is 19.1 Å². The van der Waals surface area contributed by atoms with Gasteiger partial charge in [-0.2, -0.15) is 0 Å². The van der Waals surface area contributed by atoms with E-state index in [-0.39, 0.29) is 0 Å². The molecule has 11 heteroatoms. The number of methoxy groups -OCH3 is 1. The molecule has 200 valence electrons. The highest BCUT2D eigenvalue weighted by molar-refractivity contribution is 5.95. The molecular weight excluding hydrogens is 468 g/mol. The van der Waals surface area contributed by atoms with E-state index in [1.54, 1.807) is 46.8 Å². The molecule has 0 heterocycles. The molecule has 1 aromatic rings. The van der Waals surface area contributed by atoms with Crippen molar-refractivity contribution in [2.24, 2.45) is 5.73 Å². The Labute approximate surface area is 212 Å². The van der Waals surface area contributed by atoms with Crippen LogP contribution < -0.4 is 16.4 Å². The van der Waals surface area contributed by atoms with Gasteiger partial charge in [-0.25, -0.2) is 4.79 Å². The van der Waals surface area contributed by atoms with Crippen molar-refractivity contribution in [1.82, 2.24) is 15.5 Å². The molecule has 0 fully saturated rings. The molecule has 2 unspecified atom stereocenters. The van der Waals surface area contributed by atoms with E-state index in [2.05, 4.69) is 15.4 Å². The van der Waals surface area contributed by atoms with Gasteiger partial charge in [0, 0.05) is 6.04 Å². The fraction of sp³-hybridized carbons (Fsp3) is 0.560. The highest BCUT2D eigenvalue weighted by atomic mass is 16.6. The van der Waals surface area contributed by atoms with E-state index >= 15 is 0 Å². The van der Waals surface area contributed by atoms with Crippen molar-refractivity contribution in [2.75, 3.05) is 13.7 Å². The Morgan fingerprint density at radius 3 is 2.08 bits per heavy atom. The first-order chi connectivity index (χ1) is 16.7. The zero-order valence-corrected chi connectivity index (χ0v) is 22.0. The Balaban J connectivity index is 3.46. The van der Waals surface area contributed by atoms with Crippen molar-refractivity contribution in [1.29, 1.82) is 0 Å². The van der Waals surface area contributed by atoms with Gasteiger partial charge in [0.25, 0.3) is 0 Å². The van der Waals surface area contributed by atoms with Crippen LogP contribution in [0.5, 0.6) is 0 Å². The molecule has 0 aliphatic rings. The average Bonchev–Trinajstić information content (AvgIpc) is 2.78. The zero-order chi connectivity index (χ0) is 27.6. The minimum atomic E-state index is -1.38. The molecule has 2 atom stereocenters. The molecule has 4 N–H and O–H groups in total. The van der Waals surface area contributed by atoms with Crippen LogP contribution in [0.25, 0.3) is 0 Å². The molecule has 0 radical (unpaired) electrons. The second kappa shape index (κ2) is 13.5. The summed E-state index contributed by atoms with van der Waals surface area (Å²) in [6, 6.07) is 3.99. The van der Waals surface area contributed by atoms with Crippen LogP contribution in [-0.2, 0) is 35.1 Å². The predicted molar refractivity (Wildman–Crippen MR) is 133 cm³/mol. The van der Waals surface area contributed by atoms with Gasteiger partial charge in [-0.05, 0) is 52.2 Å². The molecular formula is C25H38N4O7. The lowest BCUT2D eigenvalue weighted by Gasteiger charge is -2.37. The second-order valence-corrected chi connectivity index (χ2v) is 9.50. The number of hydrogen-bond donors (Lipinski definition) is 3. The van der Waals surface area contributed by atoms with Crippen LogP contribution in [-0.4, -0.2) is 66.0 Å². The number of alkyl carbamates (subject to hydrolysis) is 1. The van der Waals surface area contributed by atoms with E-state index in [4.69, 9.17) is 10.5 Å². The van der Waals surface area contributed by atoms with E-state index in [0.717, 1.165) is 12.0 Å². The monoisotopic (exact) mass is 506 g/mol. The van der Waals surface area contributed by atoms with Crippen LogP contribution in [0.3, 0.4) is 0 Å². The first kappa shape index (κ1) is 30.4.